The quantitative estimate of drug-likeness (QED) is 0.321. The molecule has 5 aromatic rings. The predicted octanol–water partition coefficient (Wildman–Crippen LogP) is 7.58. The normalized spacial score (nSPS) is 12.0. The molecule has 1 heterocycles. The summed E-state index contributed by atoms with van der Waals surface area (Å²) in [6.45, 7) is 6.70. The second kappa shape index (κ2) is 6.59. The molecule has 0 aliphatic rings. The summed E-state index contributed by atoms with van der Waals surface area (Å²) in [7, 11) is 0. The van der Waals surface area contributed by atoms with E-state index in [1.807, 2.05) is 0 Å². The fourth-order valence-corrected chi connectivity index (χ4v) is 4.03. The molecule has 0 fully saturated rings. The van der Waals surface area contributed by atoms with Crippen molar-refractivity contribution in [3.05, 3.63) is 90.5 Å². The van der Waals surface area contributed by atoms with Crippen molar-refractivity contribution >= 4 is 44.0 Å². The fourth-order valence-electron chi connectivity index (χ4n) is 4.03. The van der Waals surface area contributed by atoms with E-state index < -0.39 is 0 Å². The van der Waals surface area contributed by atoms with Gasteiger partial charge < -0.3 is 5.32 Å². The second-order valence-electron chi connectivity index (χ2n) is 8.64. The molecule has 1 N–H and O–H groups in total. The minimum absolute atomic E-state index is 0.152. The Labute approximate surface area is 171 Å². The van der Waals surface area contributed by atoms with Crippen molar-refractivity contribution < 1.29 is 0 Å². The maximum atomic E-state index is 5.01. The maximum absolute atomic E-state index is 5.01. The minimum atomic E-state index is 0.152. The van der Waals surface area contributed by atoms with Crippen LogP contribution < -0.4 is 5.32 Å². The smallest absolute Gasteiger partial charge is 0.131 e. The molecule has 0 aliphatic heterocycles. The number of fused-ring (bicyclic) bond motifs is 6. The number of hydrogen-bond acceptors (Lipinski definition) is 2. The van der Waals surface area contributed by atoms with E-state index in [1.54, 1.807) is 0 Å². The van der Waals surface area contributed by atoms with Gasteiger partial charge in [0.05, 0.1) is 5.52 Å². The topological polar surface area (TPSA) is 24.9 Å². The molecule has 4 aromatic carbocycles. The Kier molecular flexibility index (Phi) is 4.02. The van der Waals surface area contributed by atoms with Gasteiger partial charge in [0.25, 0.3) is 0 Å². The molecular formula is C27H24N2. The van der Waals surface area contributed by atoms with E-state index in [4.69, 9.17) is 4.98 Å². The van der Waals surface area contributed by atoms with Crippen molar-refractivity contribution in [1.82, 2.24) is 4.98 Å². The fraction of sp³-hybridized carbons (Fsp3) is 0.148. The summed E-state index contributed by atoms with van der Waals surface area (Å²) in [6, 6.07) is 30.0. The first-order valence-corrected chi connectivity index (χ1v) is 10.1. The molecule has 1 aromatic heterocycles. The molecule has 0 spiro atoms. The van der Waals surface area contributed by atoms with Gasteiger partial charge in [-0.15, -0.1) is 0 Å². The van der Waals surface area contributed by atoms with Gasteiger partial charge in [-0.2, -0.15) is 0 Å². The molecule has 0 atom stereocenters. The summed E-state index contributed by atoms with van der Waals surface area (Å²) >= 11 is 0. The molecule has 0 radical (unpaired) electrons. The van der Waals surface area contributed by atoms with E-state index in [-0.39, 0.29) is 5.41 Å². The van der Waals surface area contributed by atoms with Crippen LogP contribution >= 0.6 is 0 Å². The largest absolute Gasteiger partial charge is 0.340 e. The Morgan fingerprint density at radius 3 is 1.69 bits per heavy atom. The van der Waals surface area contributed by atoms with Crippen molar-refractivity contribution in [2.45, 2.75) is 26.2 Å². The third-order valence-electron chi connectivity index (χ3n) is 5.61. The van der Waals surface area contributed by atoms with E-state index >= 15 is 0 Å². The summed E-state index contributed by atoms with van der Waals surface area (Å²) in [6.07, 6.45) is 0. The van der Waals surface area contributed by atoms with Crippen molar-refractivity contribution in [3.8, 4) is 0 Å². The summed E-state index contributed by atoms with van der Waals surface area (Å²) in [5.74, 6) is 0.862. The molecule has 2 nitrogen and oxygen atoms in total. The lowest BCUT2D eigenvalue weighted by Crippen LogP contribution is -2.10. The van der Waals surface area contributed by atoms with Crippen LogP contribution in [0, 0.1) is 0 Å². The van der Waals surface area contributed by atoms with Crippen LogP contribution in [0.4, 0.5) is 11.5 Å². The highest BCUT2D eigenvalue weighted by Gasteiger charge is 2.13. The minimum Gasteiger partial charge on any atom is -0.340 e. The lowest BCUT2D eigenvalue weighted by Gasteiger charge is -2.19. The Balaban J connectivity index is 1.64. The number of anilines is 2. The SMILES string of the molecule is CC(C)(C)c1ccc(Nc2ccc3c4ccccc4c4ccccc4c3n2)cc1. The van der Waals surface area contributed by atoms with Gasteiger partial charge >= 0.3 is 0 Å². The van der Waals surface area contributed by atoms with E-state index in [1.165, 1.54) is 32.5 Å². The Hall–Kier alpha value is -3.39. The molecule has 2 heteroatoms. The molecule has 0 saturated carbocycles. The van der Waals surface area contributed by atoms with Crippen LogP contribution in [0.5, 0.6) is 0 Å². The lowest BCUT2D eigenvalue weighted by atomic mass is 9.87. The summed E-state index contributed by atoms with van der Waals surface area (Å²) in [4.78, 5) is 5.01. The van der Waals surface area contributed by atoms with Crippen LogP contribution in [-0.4, -0.2) is 4.98 Å². The summed E-state index contributed by atoms with van der Waals surface area (Å²) in [5.41, 5.74) is 3.57. The van der Waals surface area contributed by atoms with Crippen molar-refractivity contribution in [3.63, 3.8) is 0 Å². The third-order valence-corrected chi connectivity index (χ3v) is 5.61. The second-order valence-corrected chi connectivity index (χ2v) is 8.64. The first kappa shape index (κ1) is 17.7. The molecule has 29 heavy (non-hydrogen) atoms. The van der Waals surface area contributed by atoms with E-state index in [0.717, 1.165) is 17.0 Å². The Morgan fingerprint density at radius 1 is 0.586 bits per heavy atom. The van der Waals surface area contributed by atoms with Crippen LogP contribution in [0.1, 0.15) is 26.3 Å². The van der Waals surface area contributed by atoms with Gasteiger partial charge in [0.15, 0.2) is 0 Å². The van der Waals surface area contributed by atoms with Crippen LogP contribution in [0.15, 0.2) is 84.9 Å². The highest BCUT2D eigenvalue weighted by molar-refractivity contribution is 6.24. The average Bonchev–Trinajstić information content (AvgIpc) is 2.74. The van der Waals surface area contributed by atoms with Gasteiger partial charge in [-0.05, 0) is 51.4 Å². The zero-order valence-electron chi connectivity index (χ0n) is 17.0. The molecule has 0 bridgehead atoms. The van der Waals surface area contributed by atoms with E-state index in [9.17, 15) is 0 Å². The molecule has 0 unspecified atom stereocenters. The molecule has 5 rings (SSSR count). The zero-order valence-corrected chi connectivity index (χ0v) is 17.0. The average molecular weight is 377 g/mol. The van der Waals surface area contributed by atoms with Gasteiger partial charge in [-0.25, -0.2) is 4.98 Å². The highest BCUT2D eigenvalue weighted by Crippen LogP contribution is 2.35. The number of pyridine rings is 1. The first-order valence-electron chi connectivity index (χ1n) is 10.1. The van der Waals surface area contributed by atoms with Crippen LogP contribution in [0.2, 0.25) is 0 Å². The number of nitrogens with zero attached hydrogens (tertiary/aromatic N) is 1. The van der Waals surface area contributed by atoms with Crippen molar-refractivity contribution in [2.24, 2.45) is 0 Å². The number of benzene rings is 4. The number of aromatic nitrogens is 1. The monoisotopic (exact) mass is 376 g/mol. The van der Waals surface area contributed by atoms with E-state index in [2.05, 4.69) is 111 Å². The Bertz CT molecular complexity index is 1310. The van der Waals surface area contributed by atoms with Gasteiger partial charge in [0, 0.05) is 16.5 Å². The number of hydrogen-bond donors (Lipinski definition) is 1. The van der Waals surface area contributed by atoms with Gasteiger partial charge in [0.1, 0.15) is 5.82 Å². The molecular weight excluding hydrogens is 352 g/mol. The highest BCUT2D eigenvalue weighted by atomic mass is 15.0. The van der Waals surface area contributed by atoms with Crippen molar-refractivity contribution in [2.75, 3.05) is 5.32 Å². The Morgan fingerprint density at radius 2 is 1.10 bits per heavy atom. The maximum Gasteiger partial charge on any atom is 0.131 e. The predicted molar refractivity (Wildman–Crippen MR) is 125 cm³/mol. The molecule has 0 aliphatic carbocycles. The molecule has 0 saturated heterocycles. The summed E-state index contributed by atoms with van der Waals surface area (Å²) in [5, 5.41) is 9.62. The van der Waals surface area contributed by atoms with Gasteiger partial charge in [-0.3, -0.25) is 0 Å². The molecule has 0 amide bonds. The van der Waals surface area contributed by atoms with Crippen LogP contribution in [0.3, 0.4) is 0 Å². The van der Waals surface area contributed by atoms with Crippen molar-refractivity contribution in [1.29, 1.82) is 0 Å². The third kappa shape index (κ3) is 3.11. The van der Waals surface area contributed by atoms with Crippen LogP contribution in [-0.2, 0) is 5.41 Å². The molecule has 142 valence electrons. The van der Waals surface area contributed by atoms with Gasteiger partial charge in [-0.1, -0.05) is 81.4 Å². The van der Waals surface area contributed by atoms with Crippen LogP contribution in [0.25, 0.3) is 32.4 Å². The standard InChI is InChI=1S/C27H24N2/c1-27(2,3)18-12-14-19(15-13-18)28-25-17-16-24-22-10-5-4-8-20(22)21-9-6-7-11-23(21)26(24)29-25/h4-17H,1-3H3,(H,28,29). The lowest BCUT2D eigenvalue weighted by molar-refractivity contribution is 0.590. The zero-order chi connectivity index (χ0) is 20.0. The number of rotatable bonds is 2. The van der Waals surface area contributed by atoms with E-state index in [0.29, 0.717) is 0 Å². The summed E-state index contributed by atoms with van der Waals surface area (Å²) < 4.78 is 0. The first-order chi connectivity index (χ1) is 14.0. The van der Waals surface area contributed by atoms with Gasteiger partial charge in [0.2, 0.25) is 0 Å². The number of nitrogens with one attached hydrogen (secondary N) is 1.